The maximum atomic E-state index is 10.6. The second-order valence-corrected chi connectivity index (χ2v) is 4.95. The summed E-state index contributed by atoms with van der Waals surface area (Å²) in [6.45, 7) is 2.01. The highest BCUT2D eigenvalue weighted by Gasteiger charge is 2.09. The fourth-order valence-corrected chi connectivity index (χ4v) is 2.32. The molecular formula is C13H13BrN2O2. The number of carboxylic acid groups (broad SMARTS) is 1. The Labute approximate surface area is 113 Å². The molecule has 0 saturated carbocycles. The Kier molecular flexibility index (Phi) is 3.81. The summed E-state index contributed by atoms with van der Waals surface area (Å²) in [4.78, 5) is 14.8. The van der Waals surface area contributed by atoms with Gasteiger partial charge in [-0.25, -0.2) is 4.98 Å². The Morgan fingerprint density at radius 2 is 2.28 bits per heavy atom. The topological polar surface area (TPSA) is 55.1 Å². The number of hydrogen-bond donors (Lipinski definition) is 1. The number of nitrogens with zero attached hydrogens (tertiary/aromatic N) is 2. The summed E-state index contributed by atoms with van der Waals surface area (Å²) in [5.41, 5.74) is 2.13. The number of imidazole rings is 1. The van der Waals surface area contributed by atoms with E-state index in [2.05, 4.69) is 20.9 Å². The molecule has 1 N–H and O–H groups in total. The van der Waals surface area contributed by atoms with Gasteiger partial charge in [-0.2, -0.15) is 0 Å². The molecule has 4 nitrogen and oxygen atoms in total. The SMILES string of the molecule is Cc1cc(Br)ccc1-n1ccnc1CCC(=O)O. The van der Waals surface area contributed by atoms with Gasteiger partial charge in [0.1, 0.15) is 5.82 Å². The van der Waals surface area contributed by atoms with Crippen LogP contribution < -0.4 is 0 Å². The van der Waals surface area contributed by atoms with E-state index in [0.717, 1.165) is 21.5 Å². The van der Waals surface area contributed by atoms with Crippen molar-refractivity contribution >= 4 is 21.9 Å². The Balaban J connectivity index is 2.33. The second kappa shape index (κ2) is 5.35. The summed E-state index contributed by atoms with van der Waals surface area (Å²) in [6.07, 6.45) is 4.07. The lowest BCUT2D eigenvalue weighted by atomic mass is 10.2. The van der Waals surface area contributed by atoms with E-state index in [1.54, 1.807) is 6.20 Å². The maximum Gasteiger partial charge on any atom is 0.303 e. The predicted molar refractivity (Wildman–Crippen MR) is 72.0 cm³/mol. The van der Waals surface area contributed by atoms with Gasteiger partial charge in [-0.3, -0.25) is 4.79 Å². The molecule has 0 spiro atoms. The van der Waals surface area contributed by atoms with E-state index >= 15 is 0 Å². The standard InChI is InChI=1S/C13H13BrN2O2/c1-9-8-10(14)2-3-11(9)16-7-6-15-12(16)4-5-13(17)18/h2-3,6-8H,4-5H2,1H3,(H,17,18). The summed E-state index contributed by atoms with van der Waals surface area (Å²) >= 11 is 3.43. The smallest absolute Gasteiger partial charge is 0.303 e. The van der Waals surface area contributed by atoms with E-state index in [4.69, 9.17) is 5.11 Å². The summed E-state index contributed by atoms with van der Waals surface area (Å²) in [6, 6.07) is 5.98. The van der Waals surface area contributed by atoms with Gasteiger partial charge in [0, 0.05) is 29.0 Å². The highest BCUT2D eigenvalue weighted by atomic mass is 79.9. The lowest BCUT2D eigenvalue weighted by Gasteiger charge is -2.10. The van der Waals surface area contributed by atoms with Gasteiger partial charge in [-0.05, 0) is 30.7 Å². The molecular weight excluding hydrogens is 296 g/mol. The minimum atomic E-state index is -0.808. The number of aliphatic carboxylic acids is 1. The van der Waals surface area contributed by atoms with Crippen LogP contribution in [-0.2, 0) is 11.2 Å². The molecule has 94 valence electrons. The molecule has 0 fully saturated rings. The van der Waals surface area contributed by atoms with Crippen molar-refractivity contribution in [3.63, 3.8) is 0 Å². The fraction of sp³-hybridized carbons (Fsp3) is 0.231. The van der Waals surface area contributed by atoms with Gasteiger partial charge < -0.3 is 9.67 Å². The number of carbonyl (C=O) groups is 1. The first-order valence-corrected chi connectivity index (χ1v) is 6.38. The van der Waals surface area contributed by atoms with E-state index in [1.807, 2.05) is 35.9 Å². The van der Waals surface area contributed by atoms with Gasteiger partial charge in [0.05, 0.1) is 6.42 Å². The van der Waals surface area contributed by atoms with Gasteiger partial charge in [0.15, 0.2) is 0 Å². The van der Waals surface area contributed by atoms with Crippen LogP contribution in [0.1, 0.15) is 17.8 Å². The quantitative estimate of drug-likeness (QED) is 0.944. The molecule has 0 bridgehead atoms. The van der Waals surface area contributed by atoms with Crippen molar-refractivity contribution in [3.05, 3.63) is 46.5 Å². The minimum Gasteiger partial charge on any atom is -0.481 e. The van der Waals surface area contributed by atoms with Crippen LogP contribution in [-0.4, -0.2) is 20.6 Å². The Morgan fingerprint density at radius 1 is 1.50 bits per heavy atom. The zero-order valence-corrected chi connectivity index (χ0v) is 11.5. The molecule has 1 heterocycles. The molecule has 0 amide bonds. The fourth-order valence-electron chi connectivity index (χ4n) is 1.85. The van der Waals surface area contributed by atoms with Crippen molar-refractivity contribution in [1.29, 1.82) is 0 Å². The lowest BCUT2D eigenvalue weighted by Crippen LogP contribution is -2.05. The molecule has 0 atom stereocenters. The Bertz CT molecular complexity index is 578. The molecule has 0 aliphatic rings. The van der Waals surface area contributed by atoms with E-state index in [9.17, 15) is 4.79 Å². The Morgan fingerprint density at radius 3 is 2.94 bits per heavy atom. The molecule has 0 aliphatic carbocycles. The molecule has 1 aromatic heterocycles. The summed E-state index contributed by atoms with van der Waals surface area (Å²) in [5.74, 6) is -0.0418. The van der Waals surface area contributed by atoms with Crippen molar-refractivity contribution in [3.8, 4) is 5.69 Å². The Hall–Kier alpha value is -1.62. The third kappa shape index (κ3) is 2.79. The number of rotatable bonds is 4. The molecule has 18 heavy (non-hydrogen) atoms. The van der Waals surface area contributed by atoms with Crippen molar-refractivity contribution < 1.29 is 9.90 Å². The highest BCUT2D eigenvalue weighted by Crippen LogP contribution is 2.20. The van der Waals surface area contributed by atoms with Gasteiger partial charge >= 0.3 is 5.97 Å². The van der Waals surface area contributed by atoms with E-state index < -0.39 is 5.97 Å². The number of benzene rings is 1. The van der Waals surface area contributed by atoms with E-state index in [0.29, 0.717) is 6.42 Å². The average molecular weight is 309 g/mol. The van der Waals surface area contributed by atoms with Gasteiger partial charge in [0.2, 0.25) is 0 Å². The van der Waals surface area contributed by atoms with Crippen LogP contribution in [0.15, 0.2) is 35.1 Å². The number of aromatic nitrogens is 2. The zero-order chi connectivity index (χ0) is 13.1. The predicted octanol–water partition coefficient (Wildman–Crippen LogP) is 2.96. The van der Waals surface area contributed by atoms with E-state index in [-0.39, 0.29) is 6.42 Å². The molecule has 2 aromatic rings. The molecule has 0 aliphatic heterocycles. The first-order valence-electron chi connectivity index (χ1n) is 5.58. The number of halogens is 1. The van der Waals surface area contributed by atoms with Crippen LogP contribution in [0.3, 0.4) is 0 Å². The summed E-state index contributed by atoms with van der Waals surface area (Å²) in [5, 5.41) is 8.72. The highest BCUT2D eigenvalue weighted by molar-refractivity contribution is 9.10. The van der Waals surface area contributed by atoms with Crippen LogP contribution in [0.2, 0.25) is 0 Å². The third-order valence-electron chi connectivity index (χ3n) is 2.70. The minimum absolute atomic E-state index is 0.0899. The molecule has 5 heteroatoms. The molecule has 0 saturated heterocycles. The largest absolute Gasteiger partial charge is 0.481 e. The van der Waals surface area contributed by atoms with Gasteiger partial charge in [0.25, 0.3) is 0 Å². The van der Waals surface area contributed by atoms with Crippen molar-refractivity contribution in [2.75, 3.05) is 0 Å². The maximum absolute atomic E-state index is 10.6. The van der Waals surface area contributed by atoms with Crippen molar-refractivity contribution in [2.24, 2.45) is 0 Å². The normalized spacial score (nSPS) is 10.6. The summed E-state index contributed by atoms with van der Waals surface area (Å²) in [7, 11) is 0. The van der Waals surface area contributed by atoms with Gasteiger partial charge in [-0.15, -0.1) is 0 Å². The van der Waals surface area contributed by atoms with Gasteiger partial charge in [-0.1, -0.05) is 15.9 Å². The lowest BCUT2D eigenvalue weighted by molar-refractivity contribution is -0.137. The average Bonchev–Trinajstić information content (AvgIpc) is 2.74. The molecule has 0 unspecified atom stereocenters. The molecule has 2 rings (SSSR count). The first kappa shape index (κ1) is 12.8. The van der Waals surface area contributed by atoms with Crippen LogP contribution in [0.25, 0.3) is 5.69 Å². The van der Waals surface area contributed by atoms with E-state index in [1.165, 1.54) is 0 Å². The van der Waals surface area contributed by atoms with Crippen LogP contribution in [0.4, 0.5) is 0 Å². The second-order valence-electron chi connectivity index (χ2n) is 4.04. The monoisotopic (exact) mass is 308 g/mol. The van der Waals surface area contributed by atoms with Crippen LogP contribution in [0.5, 0.6) is 0 Å². The molecule has 1 aromatic carbocycles. The third-order valence-corrected chi connectivity index (χ3v) is 3.19. The van der Waals surface area contributed by atoms with Crippen molar-refractivity contribution in [2.45, 2.75) is 19.8 Å². The van der Waals surface area contributed by atoms with Crippen LogP contribution in [0, 0.1) is 6.92 Å². The number of aryl methyl sites for hydroxylation is 2. The zero-order valence-electron chi connectivity index (χ0n) is 9.93. The summed E-state index contributed by atoms with van der Waals surface area (Å²) < 4.78 is 2.96. The molecule has 0 radical (unpaired) electrons. The van der Waals surface area contributed by atoms with Crippen LogP contribution >= 0.6 is 15.9 Å². The number of carboxylic acids is 1. The first-order chi connectivity index (χ1) is 8.58. The van der Waals surface area contributed by atoms with Crippen molar-refractivity contribution in [1.82, 2.24) is 9.55 Å². The number of hydrogen-bond acceptors (Lipinski definition) is 2.